The number of hydrogen-bond donors (Lipinski definition) is 0. The van der Waals surface area contributed by atoms with Crippen LogP contribution >= 0.6 is 0 Å². The van der Waals surface area contributed by atoms with Gasteiger partial charge in [-0.1, -0.05) is 36.5 Å². The fourth-order valence-corrected chi connectivity index (χ4v) is 8.87. The van der Waals surface area contributed by atoms with Gasteiger partial charge in [-0.2, -0.15) is 0 Å². The second kappa shape index (κ2) is 54.0. The summed E-state index contributed by atoms with van der Waals surface area (Å²) >= 11 is 0. The smallest absolute Gasteiger partial charge is 0.161 e. The molecule has 90 heavy (non-hydrogen) atoms. The summed E-state index contributed by atoms with van der Waals surface area (Å²) in [7, 11) is 0. The Morgan fingerprint density at radius 2 is 0.300 bits per heavy atom. The summed E-state index contributed by atoms with van der Waals surface area (Å²) in [6, 6.07) is 12.1. The molecular formula is C72H108O18. The highest BCUT2D eigenvalue weighted by Crippen LogP contribution is 2.47. The summed E-state index contributed by atoms with van der Waals surface area (Å²) in [5, 5.41) is 5.12. The van der Waals surface area contributed by atoms with E-state index in [-0.39, 0.29) is 39.6 Å². The number of benzene rings is 4. The zero-order valence-electron chi connectivity index (χ0n) is 54.2. The van der Waals surface area contributed by atoms with Gasteiger partial charge in [-0.05, 0) is 146 Å². The second-order valence-corrected chi connectivity index (χ2v) is 20.6. The maximum Gasteiger partial charge on any atom is 0.161 e. The van der Waals surface area contributed by atoms with Crippen LogP contribution in [-0.2, 0) is 56.8 Å². The van der Waals surface area contributed by atoms with Crippen LogP contribution in [0.5, 0.6) is 34.5 Å². The lowest BCUT2D eigenvalue weighted by molar-refractivity contribution is 0.0327. The van der Waals surface area contributed by atoms with Gasteiger partial charge in [-0.3, -0.25) is 0 Å². The van der Waals surface area contributed by atoms with Crippen molar-refractivity contribution in [2.75, 3.05) is 198 Å². The molecule has 0 aromatic heterocycles. The molecule has 0 radical (unpaired) electrons. The van der Waals surface area contributed by atoms with Gasteiger partial charge in [0.1, 0.15) is 39.6 Å². The highest BCUT2D eigenvalue weighted by Gasteiger charge is 2.21. The van der Waals surface area contributed by atoms with Crippen LogP contribution in [0.4, 0.5) is 0 Å². The van der Waals surface area contributed by atoms with Crippen LogP contribution in [0.15, 0.2) is 112 Å². The van der Waals surface area contributed by atoms with E-state index >= 15 is 0 Å². The van der Waals surface area contributed by atoms with Crippen molar-refractivity contribution < 1.29 is 85.3 Å². The zero-order valence-corrected chi connectivity index (χ0v) is 54.2. The minimum absolute atomic E-state index is 0.244. The number of hydrogen-bond acceptors (Lipinski definition) is 18. The summed E-state index contributed by atoms with van der Waals surface area (Å²) in [6.45, 7) is 35.4. The van der Waals surface area contributed by atoms with Gasteiger partial charge in [-0.15, -0.1) is 39.5 Å². The third-order valence-corrected chi connectivity index (χ3v) is 13.4. The molecule has 0 spiro atoms. The van der Waals surface area contributed by atoms with Gasteiger partial charge in [-0.25, -0.2) is 0 Å². The van der Waals surface area contributed by atoms with E-state index in [4.69, 9.17) is 85.3 Å². The molecule has 0 aliphatic heterocycles. The molecule has 0 amide bonds. The van der Waals surface area contributed by atoms with Crippen molar-refractivity contribution in [3.8, 4) is 34.5 Å². The van der Waals surface area contributed by atoms with Crippen LogP contribution in [0.2, 0.25) is 0 Å². The van der Waals surface area contributed by atoms with Crippen LogP contribution in [0, 0.1) is 0 Å². The van der Waals surface area contributed by atoms with Crippen molar-refractivity contribution in [3.05, 3.63) is 112 Å². The average molecular weight is 1260 g/mol. The Balaban J connectivity index is 1.81. The van der Waals surface area contributed by atoms with E-state index < -0.39 is 0 Å². The van der Waals surface area contributed by atoms with Gasteiger partial charge in [0.15, 0.2) is 34.5 Å². The Kier molecular flexibility index (Phi) is 46.1. The first-order chi connectivity index (χ1) is 44.6. The Hall–Kier alpha value is -5.58. The number of ether oxygens (including phenoxy) is 18. The fourth-order valence-electron chi connectivity index (χ4n) is 8.87. The molecule has 0 bridgehead atoms. The first kappa shape index (κ1) is 76.9. The van der Waals surface area contributed by atoms with E-state index in [1.54, 1.807) is 0 Å². The largest absolute Gasteiger partial charge is 0.487 e. The first-order valence-electron chi connectivity index (χ1n) is 32.5. The molecule has 18 heteroatoms. The van der Waals surface area contributed by atoms with Gasteiger partial charge in [0.05, 0.1) is 119 Å². The van der Waals surface area contributed by atoms with Crippen molar-refractivity contribution in [2.24, 2.45) is 0 Å². The quantitative estimate of drug-likeness (QED) is 0.0232. The predicted octanol–water partition coefficient (Wildman–Crippen LogP) is 13.4. The van der Waals surface area contributed by atoms with Crippen LogP contribution in [0.25, 0.3) is 32.3 Å². The van der Waals surface area contributed by atoms with Crippen molar-refractivity contribution in [3.63, 3.8) is 0 Å². The lowest BCUT2D eigenvalue weighted by Gasteiger charge is -2.21. The summed E-state index contributed by atoms with van der Waals surface area (Å²) in [5.41, 5.74) is 0. The molecule has 504 valence electrons. The Labute approximate surface area is 537 Å². The lowest BCUT2D eigenvalue weighted by atomic mass is 9.93. The topological polar surface area (TPSA) is 166 Å². The molecule has 0 saturated heterocycles. The van der Waals surface area contributed by atoms with Crippen LogP contribution in [0.3, 0.4) is 0 Å². The number of unbranched alkanes of at least 4 members (excludes halogenated alkanes) is 6. The van der Waals surface area contributed by atoms with Gasteiger partial charge < -0.3 is 85.3 Å². The second-order valence-electron chi connectivity index (χ2n) is 20.6. The predicted molar refractivity (Wildman–Crippen MR) is 358 cm³/mol. The molecule has 0 saturated carbocycles. The minimum Gasteiger partial charge on any atom is -0.487 e. The molecule has 4 aromatic carbocycles. The summed E-state index contributed by atoms with van der Waals surface area (Å²) in [4.78, 5) is 0. The molecule has 0 heterocycles. The minimum atomic E-state index is 0.244. The van der Waals surface area contributed by atoms with Crippen molar-refractivity contribution in [1.82, 2.24) is 0 Å². The van der Waals surface area contributed by atoms with Crippen LogP contribution < -0.4 is 28.4 Å². The molecule has 0 aliphatic rings. The van der Waals surface area contributed by atoms with E-state index in [0.717, 1.165) is 109 Å². The van der Waals surface area contributed by atoms with E-state index in [9.17, 15) is 0 Å². The third-order valence-electron chi connectivity index (χ3n) is 13.4. The van der Waals surface area contributed by atoms with Crippen molar-refractivity contribution in [2.45, 2.75) is 77.0 Å². The summed E-state index contributed by atoms with van der Waals surface area (Å²) in [6.07, 6.45) is 22.3. The van der Waals surface area contributed by atoms with E-state index in [0.29, 0.717) is 193 Å². The normalized spacial score (nSPS) is 11.3. The number of allylic oxidation sites excluding steroid dienone is 6. The van der Waals surface area contributed by atoms with Gasteiger partial charge >= 0.3 is 0 Å². The van der Waals surface area contributed by atoms with Gasteiger partial charge in [0.25, 0.3) is 0 Å². The molecule has 0 unspecified atom stereocenters. The third kappa shape index (κ3) is 34.2. The first-order valence-corrected chi connectivity index (χ1v) is 32.5. The average Bonchev–Trinajstić information content (AvgIpc) is 0.735. The highest BCUT2D eigenvalue weighted by molar-refractivity contribution is 6.26. The molecule has 0 N–H and O–H groups in total. The SMILES string of the molecule is C=CCCCOCCOCCOc1cc2c3cc(OCCOCCOCCCC=C)c(OCCOCCOCCCC=C)cc3c3cc(OCCOCCOCCCC=C)c(OCCOCCOCCCC=C)cc3c2cc1OCCOCCOCCCC=C. The van der Waals surface area contributed by atoms with E-state index in [1.165, 1.54) is 0 Å². The summed E-state index contributed by atoms with van der Waals surface area (Å²) in [5.74, 6) is 3.10. The number of fused-ring (bicyclic) bond motifs is 6. The Bertz CT molecular complexity index is 2050. The molecule has 0 atom stereocenters. The molecule has 18 nitrogen and oxygen atoms in total. The Morgan fingerprint density at radius 3 is 0.433 bits per heavy atom. The van der Waals surface area contributed by atoms with Crippen molar-refractivity contribution >= 4 is 32.3 Å². The lowest BCUT2D eigenvalue weighted by Crippen LogP contribution is -2.14. The molecular weight excluding hydrogens is 1150 g/mol. The fraction of sp³-hybridized carbons (Fsp3) is 0.583. The maximum absolute atomic E-state index is 6.60. The number of rotatable bonds is 66. The maximum atomic E-state index is 6.60. The van der Waals surface area contributed by atoms with Crippen LogP contribution in [-0.4, -0.2) is 198 Å². The molecule has 0 aliphatic carbocycles. The van der Waals surface area contributed by atoms with E-state index in [2.05, 4.69) is 39.5 Å². The monoisotopic (exact) mass is 1260 g/mol. The van der Waals surface area contributed by atoms with Crippen LogP contribution in [0.1, 0.15) is 77.0 Å². The zero-order chi connectivity index (χ0) is 63.8. The van der Waals surface area contributed by atoms with Gasteiger partial charge in [0.2, 0.25) is 0 Å². The highest BCUT2D eigenvalue weighted by atomic mass is 16.6. The summed E-state index contributed by atoms with van der Waals surface area (Å²) < 4.78 is 110. The Morgan fingerprint density at radius 1 is 0.178 bits per heavy atom. The molecule has 4 rings (SSSR count). The molecule has 4 aromatic rings. The van der Waals surface area contributed by atoms with E-state index in [1.807, 2.05) is 72.9 Å². The van der Waals surface area contributed by atoms with Crippen molar-refractivity contribution in [1.29, 1.82) is 0 Å². The standard InChI is InChI=1S/C72H108O18/c1-7-13-19-25-73-31-37-79-43-49-85-67-55-61-62(56-68(67)86-50-44-80-38-32-74-26-20-14-8-2)64-58-70(88-52-46-82-40-34-76-28-22-16-10-4)72(90-54-48-84-42-36-78-30-24-18-12-6)60-66(64)65-59-71(89-53-47-83-41-35-77-29-23-17-11-5)69(57-63(61)65)87-51-45-81-39-33-75-27-21-15-9-3/h7-12,55-60H,1-6,13-54H2. The molecule has 0 fully saturated rings. The van der Waals surface area contributed by atoms with Gasteiger partial charge in [0, 0.05) is 39.6 Å².